The maximum atomic E-state index is 5.34. The molecule has 0 atom stereocenters. The van der Waals surface area contributed by atoms with Gasteiger partial charge < -0.3 is 9.31 Å². The van der Waals surface area contributed by atoms with E-state index in [-0.39, 0.29) is 7.25 Å². The van der Waals surface area contributed by atoms with E-state index in [9.17, 15) is 0 Å². The molecule has 2 aliphatic heterocycles. The lowest BCUT2D eigenvalue weighted by Crippen LogP contribution is -2.38. The fourth-order valence-electron chi connectivity index (χ4n) is 1.51. The van der Waals surface area contributed by atoms with Gasteiger partial charge in [0, 0.05) is 0 Å². The van der Waals surface area contributed by atoms with Crippen LogP contribution in [-0.4, -0.2) is 38.4 Å². The number of hydrogen-bond donors (Lipinski definition) is 0. The molecule has 4 heteroatoms. The van der Waals surface area contributed by atoms with Crippen LogP contribution >= 0.6 is 0 Å². The van der Waals surface area contributed by atoms with Crippen molar-refractivity contribution >= 4 is 7.25 Å². The van der Waals surface area contributed by atoms with Crippen molar-refractivity contribution in [1.29, 1.82) is 0 Å². The van der Waals surface area contributed by atoms with Gasteiger partial charge in [0.2, 0.25) is 0 Å². The van der Waals surface area contributed by atoms with Gasteiger partial charge in [-0.1, -0.05) is 0 Å². The molecule has 0 aliphatic carbocycles. The molecule has 2 fully saturated rings. The Bertz CT molecular complexity index is 96.3. The summed E-state index contributed by atoms with van der Waals surface area (Å²) in [5.41, 5.74) is 0. The molecular weight excluding hydrogens is 129 g/mol. The standard InChI is InChI=1S/C6H12BNO2/c1-2-4-8(3-1)7-9-5-6-10-7/h1-6H2. The number of nitrogens with zero attached hydrogens (tertiary/aromatic N) is 1. The van der Waals surface area contributed by atoms with Gasteiger partial charge in [-0.05, 0) is 25.9 Å². The highest BCUT2D eigenvalue weighted by Gasteiger charge is 2.33. The van der Waals surface area contributed by atoms with Crippen molar-refractivity contribution in [2.24, 2.45) is 0 Å². The fraction of sp³-hybridized carbons (Fsp3) is 1.00. The van der Waals surface area contributed by atoms with Gasteiger partial charge in [-0.25, -0.2) is 0 Å². The van der Waals surface area contributed by atoms with E-state index in [0.717, 1.165) is 26.3 Å². The maximum Gasteiger partial charge on any atom is 0.557 e. The van der Waals surface area contributed by atoms with Crippen molar-refractivity contribution in [2.75, 3.05) is 26.3 Å². The molecule has 0 N–H and O–H groups in total. The first kappa shape index (κ1) is 6.64. The summed E-state index contributed by atoms with van der Waals surface area (Å²) in [6.45, 7) is 3.82. The van der Waals surface area contributed by atoms with E-state index in [1.54, 1.807) is 0 Å². The summed E-state index contributed by atoms with van der Waals surface area (Å²) in [5.74, 6) is 0. The zero-order valence-electron chi connectivity index (χ0n) is 6.08. The van der Waals surface area contributed by atoms with E-state index >= 15 is 0 Å². The lowest BCUT2D eigenvalue weighted by molar-refractivity contribution is 0.283. The molecule has 10 heavy (non-hydrogen) atoms. The molecule has 2 saturated heterocycles. The third-order valence-corrected chi connectivity index (χ3v) is 2.04. The molecule has 56 valence electrons. The first-order chi connectivity index (χ1) is 4.97. The van der Waals surface area contributed by atoms with Crippen molar-refractivity contribution in [3.05, 3.63) is 0 Å². The zero-order chi connectivity index (χ0) is 6.81. The van der Waals surface area contributed by atoms with Gasteiger partial charge in [-0.15, -0.1) is 0 Å². The molecule has 0 radical (unpaired) electrons. The molecule has 0 aromatic carbocycles. The Morgan fingerprint density at radius 1 is 1.00 bits per heavy atom. The zero-order valence-corrected chi connectivity index (χ0v) is 6.08. The Hall–Kier alpha value is -0.0551. The van der Waals surface area contributed by atoms with Gasteiger partial charge >= 0.3 is 7.25 Å². The summed E-state index contributed by atoms with van der Waals surface area (Å²) < 4.78 is 10.7. The normalized spacial score (nSPS) is 28.2. The highest BCUT2D eigenvalue weighted by Crippen LogP contribution is 2.13. The Morgan fingerprint density at radius 3 is 2.20 bits per heavy atom. The van der Waals surface area contributed by atoms with Crippen LogP contribution in [0, 0.1) is 0 Å². The molecule has 0 amide bonds. The average molecular weight is 141 g/mol. The predicted octanol–water partition coefficient (Wildman–Crippen LogP) is 0.114. The topological polar surface area (TPSA) is 21.7 Å². The van der Waals surface area contributed by atoms with Crippen LogP contribution in [0.15, 0.2) is 0 Å². The van der Waals surface area contributed by atoms with Gasteiger partial charge in [0.1, 0.15) is 0 Å². The van der Waals surface area contributed by atoms with Gasteiger partial charge in [0.25, 0.3) is 0 Å². The molecule has 0 aromatic rings. The van der Waals surface area contributed by atoms with Crippen LogP contribution in [0.4, 0.5) is 0 Å². The van der Waals surface area contributed by atoms with E-state index in [2.05, 4.69) is 4.81 Å². The molecule has 0 spiro atoms. The van der Waals surface area contributed by atoms with Crippen LogP contribution < -0.4 is 0 Å². The Balaban J connectivity index is 1.85. The first-order valence-electron chi connectivity index (χ1n) is 3.94. The lowest BCUT2D eigenvalue weighted by Gasteiger charge is -2.15. The van der Waals surface area contributed by atoms with Gasteiger partial charge in [-0.2, -0.15) is 0 Å². The minimum Gasteiger partial charge on any atom is -0.395 e. The fourth-order valence-corrected chi connectivity index (χ4v) is 1.51. The Kier molecular flexibility index (Phi) is 1.93. The molecule has 2 rings (SSSR count). The first-order valence-corrected chi connectivity index (χ1v) is 3.94. The van der Waals surface area contributed by atoms with Crippen molar-refractivity contribution in [3.8, 4) is 0 Å². The van der Waals surface area contributed by atoms with Crippen LogP contribution in [0.3, 0.4) is 0 Å². The molecule has 0 saturated carbocycles. The second-order valence-electron chi connectivity index (χ2n) is 2.79. The molecule has 0 bridgehead atoms. The van der Waals surface area contributed by atoms with Crippen molar-refractivity contribution in [3.63, 3.8) is 0 Å². The number of hydrogen-bond acceptors (Lipinski definition) is 3. The van der Waals surface area contributed by atoms with Crippen molar-refractivity contribution < 1.29 is 9.31 Å². The van der Waals surface area contributed by atoms with E-state index in [0.29, 0.717) is 0 Å². The molecule has 0 aromatic heterocycles. The monoisotopic (exact) mass is 141 g/mol. The van der Waals surface area contributed by atoms with Crippen LogP contribution in [-0.2, 0) is 9.31 Å². The largest absolute Gasteiger partial charge is 0.557 e. The summed E-state index contributed by atoms with van der Waals surface area (Å²) in [4.78, 5) is 2.26. The highest BCUT2D eigenvalue weighted by molar-refractivity contribution is 6.41. The minimum absolute atomic E-state index is 0.0116. The second-order valence-corrected chi connectivity index (χ2v) is 2.79. The minimum atomic E-state index is -0.0116. The molecule has 2 aliphatic rings. The second kappa shape index (κ2) is 2.90. The van der Waals surface area contributed by atoms with E-state index in [1.165, 1.54) is 12.8 Å². The molecular formula is C6H12BNO2. The van der Waals surface area contributed by atoms with Gasteiger partial charge in [0.15, 0.2) is 0 Å². The summed E-state index contributed by atoms with van der Waals surface area (Å²) in [7, 11) is -0.0116. The summed E-state index contributed by atoms with van der Waals surface area (Å²) >= 11 is 0. The predicted molar refractivity (Wildman–Crippen MR) is 38.5 cm³/mol. The highest BCUT2D eigenvalue weighted by atomic mass is 16.6. The lowest BCUT2D eigenvalue weighted by atomic mass is 10.1. The van der Waals surface area contributed by atoms with E-state index in [4.69, 9.17) is 9.31 Å². The maximum absolute atomic E-state index is 5.34. The summed E-state index contributed by atoms with van der Waals surface area (Å²) in [5, 5.41) is 0. The van der Waals surface area contributed by atoms with Crippen molar-refractivity contribution in [1.82, 2.24) is 4.81 Å². The molecule has 0 unspecified atom stereocenters. The third-order valence-electron chi connectivity index (χ3n) is 2.04. The van der Waals surface area contributed by atoms with Crippen molar-refractivity contribution in [2.45, 2.75) is 12.8 Å². The van der Waals surface area contributed by atoms with Crippen LogP contribution in [0.1, 0.15) is 12.8 Å². The summed E-state index contributed by atoms with van der Waals surface area (Å²) in [6, 6.07) is 0. The van der Waals surface area contributed by atoms with E-state index < -0.39 is 0 Å². The average Bonchev–Trinajstić information content (AvgIpc) is 2.59. The Morgan fingerprint density at radius 2 is 1.60 bits per heavy atom. The summed E-state index contributed by atoms with van der Waals surface area (Å²) in [6.07, 6.45) is 2.59. The van der Waals surface area contributed by atoms with Crippen LogP contribution in [0.2, 0.25) is 0 Å². The smallest absolute Gasteiger partial charge is 0.395 e. The van der Waals surface area contributed by atoms with Crippen LogP contribution in [0.25, 0.3) is 0 Å². The Labute approximate surface area is 61.5 Å². The third kappa shape index (κ3) is 1.19. The van der Waals surface area contributed by atoms with E-state index in [1.807, 2.05) is 0 Å². The van der Waals surface area contributed by atoms with Gasteiger partial charge in [0.05, 0.1) is 13.2 Å². The van der Waals surface area contributed by atoms with Gasteiger partial charge in [-0.3, -0.25) is 4.81 Å². The van der Waals surface area contributed by atoms with Crippen LogP contribution in [0.5, 0.6) is 0 Å². The quantitative estimate of drug-likeness (QED) is 0.484. The molecule has 3 nitrogen and oxygen atoms in total. The SMILES string of the molecule is C1CCN(B2OCCO2)C1. The number of rotatable bonds is 1. The molecule has 2 heterocycles.